The number of hydrogen-bond acceptors (Lipinski definition) is 3. The van der Waals surface area contributed by atoms with Crippen molar-refractivity contribution in [1.82, 2.24) is 14.6 Å². The van der Waals surface area contributed by atoms with Crippen LogP contribution in [-0.4, -0.2) is 14.6 Å². The van der Waals surface area contributed by atoms with E-state index in [0.29, 0.717) is 10.8 Å². The van der Waals surface area contributed by atoms with E-state index in [0.717, 1.165) is 16.8 Å². The lowest BCUT2D eigenvalue weighted by atomic mass is 10.1. The molecule has 0 aliphatic heterocycles. The summed E-state index contributed by atoms with van der Waals surface area (Å²) in [6.45, 7) is 0. The Morgan fingerprint density at radius 2 is 1.88 bits per heavy atom. The van der Waals surface area contributed by atoms with Gasteiger partial charge in [0, 0.05) is 29.0 Å². The van der Waals surface area contributed by atoms with Gasteiger partial charge in [-0.2, -0.15) is 0 Å². The van der Waals surface area contributed by atoms with Crippen molar-refractivity contribution in [3.63, 3.8) is 0 Å². The number of benzene rings is 1. The fraction of sp³-hybridized carbons (Fsp3) is 0. The number of nitrogens with two attached hydrogens (primary N) is 1. The van der Waals surface area contributed by atoms with Crippen molar-refractivity contribution in [2.75, 3.05) is 5.73 Å². The molecule has 0 aliphatic rings. The van der Waals surface area contributed by atoms with E-state index in [1.807, 2.05) is 30.5 Å². The second-order valence-electron chi connectivity index (χ2n) is 3.72. The minimum absolute atomic E-state index is 0.464. The molecule has 2 N–H and O–H groups in total. The molecule has 17 heavy (non-hydrogen) atoms. The number of anilines is 1. The Bertz CT molecular complexity index is 673. The van der Waals surface area contributed by atoms with Crippen molar-refractivity contribution in [2.24, 2.45) is 0 Å². The zero-order valence-corrected chi connectivity index (χ0v) is 9.59. The van der Waals surface area contributed by atoms with E-state index in [1.54, 1.807) is 16.8 Å². The Balaban J connectivity index is 2.13. The largest absolute Gasteiger partial charge is 0.382 e. The molecule has 2 heterocycles. The number of nitrogens with zero attached hydrogens (tertiary/aromatic N) is 3. The second-order valence-corrected chi connectivity index (χ2v) is 4.16. The molecule has 5 heteroatoms. The SMILES string of the molecule is Nc1cc2ncc(-c3ccc(Cl)cc3)cn2n1. The molecule has 3 aromatic rings. The van der Waals surface area contributed by atoms with Gasteiger partial charge >= 0.3 is 0 Å². The lowest BCUT2D eigenvalue weighted by molar-refractivity contribution is 0.947. The van der Waals surface area contributed by atoms with Crippen LogP contribution in [0, 0.1) is 0 Å². The lowest BCUT2D eigenvalue weighted by Gasteiger charge is -2.01. The number of halogens is 1. The summed E-state index contributed by atoms with van der Waals surface area (Å²) in [4.78, 5) is 4.29. The summed E-state index contributed by atoms with van der Waals surface area (Å²) in [6.07, 6.45) is 3.68. The van der Waals surface area contributed by atoms with Crippen LogP contribution in [0.2, 0.25) is 5.02 Å². The molecule has 4 nitrogen and oxygen atoms in total. The number of aromatic nitrogens is 3. The minimum atomic E-state index is 0.464. The molecule has 0 unspecified atom stereocenters. The maximum atomic E-state index is 5.85. The van der Waals surface area contributed by atoms with Crippen molar-refractivity contribution >= 4 is 23.1 Å². The van der Waals surface area contributed by atoms with Crippen molar-refractivity contribution in [3.8, 4) is 11.1 Å². The summed E-state index contributed by atoms with van der Waals surface area (Å²) in [5.41, 5.74) is 8.36. The smallest absolute Gasteiger partial charge is 0.157 e. The third kappa shape index (κ3) is 1.83. The van der Waals surface area contributed by atoms with Crippen LogP contribution in [0.1, 0.15) is 0 Å². The van der Waals surface area contributed by atoms with E-state index >= 15 is 0 Å². The quantitative estimate of drug-likeness (QED) is 0.716. The number of hydrogen-bond donors (Lipinski definition) is 1. The Hall–Kier alpha value is -2.07. The Morgan fingerprint density at radius 1 is 1.12 bits per heavy atom. The molecule has 0 spiro atoms. The fourth-order valence-electron chi connectivity index (χ4n) is 1.69. The van der Waals surface area contributed by atoms with Gasteiger partial charge in [0.15, 0.2) is 5.65 Å². The number of nitrogen functional groups attached to an aromatic ring is 1. The Kier molecular flexibility index (Phi) is 2.23. The van der Waals surface area contributed by atoms with Crippen LogP contribution in [0.4, 0.5) is 5.82 Å². The molecule has 0 saturated heterocycles. The highest BCUT2D eigenvalue weighted by Crippen LogP contribution is 2.21. The van der Waals surface area contributed by atoms with Gasteiger partial charge < -0.3 is 5.73 Å². The van der Waals surface area contributed by atoms with Gasteiger partial charge in [0.05, 0.1) is 0 Å². The average molecular weight is 245 g/mol. The number of fused-ring (bicyclic) bond motifs is 1. The summed E-state index contributed by atoms with van der Waals surface area (Å²) in [5, 5.41) is 4.84. The van der Waals surface area contributed by atoms with Gasteiger partial charge in [-0.05, 0) is 17.7 Å². The van der Waals surface area contributed by atoms with Gasteiger partial charge in [0.25, 0.3) is 0 Å². The average Bonchev–Trinajstić information content (AvgIpc) is 2.69. The topological polar surface area (TPSA) is 56.2 Å². The highest BCUT2D eigenvalue weighted by Gasteiger charge is 2.03. The summed E-state index contributed by atoms with van der Waals surface area (Å²) >= 11 is 5.85. The highest BCUT2D eigenvalue weighted by atomic mass is 35.5. The van der Waals surface area contributed by atoms with Crippen molar-refractivity contribution in [3.05, 3.63) is 47.7 Å². The molecule has 0 amide bonds. The standard InChI is InChI=1S/C12H9ClN4/c13-10-3-1-8(2-4-10)9-6-15-12-5-11(14)16-17(12)7-9/h1-7H,(H2,14,16). The molecule has 0 fully saturated rings. The van der Waals surface area contributed by atoms with Gasteiger partial charge in [-0.15, -0.1) is 5.10 Å². The van der Waals surface area contributed by atoms with E-state index in [2.05, 4.69) is 10.1 Å². The zero-order valence-electron chi connectivity index (χ0n) is 8.84. The third-order valence-electron chi connectivity index (χ3n) is 2.51. The third-order valence-corrected chi connectivity index (χ3v) is 2.76. The normalized spacial score (nSPS) is 10.9. The van der Waals surface area contributed by atoms with Crippen molar-refractivity contribution in [2.45, 2.75) is 0 Å². The first kappa shape index (κ1) is 10.1. The Labute approximate surface area is 103 Å². The van der Waals surface area contributed by atoms with Crippen LogP contribution in [0.5, 0.6) is 0 Å². The van der Waals surface area contributed by atoms with Crippen LogP contribution in [-0.2, 0) is 0 Å². The monoisotopic (exact) mass is 244 g/mol. The van der Waals surface area contributed by atoms with Gasteiger partial charge in [0.2, 0.25) is 0 Å². The predicted octanol–water partition coefficient (Wildman–Crippen LogP) is 2.63. The molecule has 0 saturated carbocycles. The molecule has 3 rings (SSSR count). The van der Waals surface area contributed by atoms with Crippen molar-refractivity contribution < 1.29 is 0 Å². The molecule has 1 aromatic carbocycles. The van der Waals surface area contributed by atoms with Crippen molar-refractivity contribution in [1.29, 1.82) is 0 Å². The number of rotatable bonds is 1. The maximum absolute atomic E-state index is 5.85. The van der Waals surface area contributed by atoms with E-state index < -0.39 is 0 Å². The highest BCUT2D eigenvalue weighted by molar-refractivity contribution is 6.30. The first-order chi connectivity index (χ1) is 8.22. The molecule has 2 aromatic heterocycles. The van der Waals surface area contributed by atoms with E-state index in [-0.39, 0.29) is 0 Å². The van der Waals surface area contributed by atoms with Crippen LogP contribution < -0.4 is 5.73 Å². The van der Waals surface area contributed by atoms with Gasteiger partial charge in [-0.3, -0.25) is 0 Å². The summed E-state index contributed by atoms with van der Waals surface area (Å²) in [5.74, 6) is 0.464. The summed E-state index contributed by atoms with van der Waals surface area (Å²) in [6, 6.07) is 9.30. The maximum Gasteiger partial charge on any atom is 0.157 e. The van der Waals surface area contributed by atoms with Gasteiger partial charge in [-0.25, -0.2) is 9.50 Å². The lowest BCUT2D eigenvalue weighted by Crippen LogP contribution is -1.92. The van der Waals surface area contributed by atoms with Crippen LogP contribution in [0.15, 0.2) is 42.7 Å². The van der Waals surface area contributed by atoms with Gasteiger partial charge in [0.1, 0.15) is 5.82 Å². The Morgan fingerprint density at radius 3 is 2.65 bits per heavy atom. The predicted molar refractivity (Wildman–Crippen MR) is 67.8 cm³/mol. The molecular weight excluding hydrogens is 236 g/mol. The molecular formula is C12H9ClN4. The van der Waals surface area contributed by atoms with Crippen LogP contribution >= 0.6 is 11.6 Å². The van der Waals surface area contributed by atoms with E-state index in [1.165, 1.54) is 0 Å². The molecule has 0 aliphatic carbocycles. The van der Waals surface area contributed by atoms with Gasteiger partial charge in [-0.1, -0.05) is 23.7 Å². The molecule has 0 bridgehead atoms. The molecule has 0 atom stereocenters. The van der Waals surface area contributed by atoms with E-state index in [9.17, 15) is 0 Å². The van der Waals surface area contributed by atoms with Crippen LogP contribution in [0.25, 0.3) is 16.8 Å². The van der Waals surface area contributed by atoms with Crippen LogP contribution in [0.3, 0.4) is 0 Å². The first-order valence-electron chi connectivity index (χ1n) is 5.09. The molecule has 84 valence electrons. The summed E-state index contributed by atoms with van der Waals surface area (Å²) < 4.78 is 1.67. The summed E-state index contributed by atoms with van der Waals surface area (Å²) in [7, 11) is 0. The fourth-order valence-corrected chi connectivity index (χ4v) is 1.81. The zero-order chi connectivity index (χ0) is 11.8. The molecule has 0 radical (unpaired) electrons. The minimum Gasteiger partial charge on any atom is -0.382 e. The second kappa shape index (κ2) is 3.75. The first-order valence-corrected chi connectivity index (χ1v) is 5.47. The van der Waals surface area contributed by atoms with E-state index in [4.69, 9.17) is 17.3 Å².